The minimum absolute atomic E-state index is 0.614. The Bertz CT molecular complexity index is 568. The lowest BCUT2D eigenvalue weighted by Crippen LogP contribution is -2.16. The second-order valence-electron chi connectivity index (χ2n) is 4.61. The lowest BCUT2D eigenvalue weighted by atomic mass is 10.2. The molecular weight excluding hydrogens is 318 g/mol. The quantitative estimate of drug-likeness (QED) is 0.909. The van der Waals surface area contributed by atoms with Gasteiger partial charge in [-0.3, -0.25) is 0 Å². The van der Waals surface area contributed by atoms with Crippen molar-refractivity contribution in [3.8, 4) is 11.4 Å². The summed E-state index contributed by atoms with van der Waals surface area (Å²) in [6, 6.07) is 7.94. The van der Waals surface area contributed by atoms with Crippen LogP contribution in [-0.2, 0) is 0 Å². The minimum atomic E-state index is 0.614. The predicted octanol–water partition coefficient (Wildman–Crippen LogP) is 3.19. The van der Waals surface area contributed by atoms with Gasteiger partial charge in [-0.2, -0.15) is 15.0 Å². The number of benzene rings is 1. The van der Waals surface area contributed by atoms with E-state index in [1.807, 2.05) is 43.3 Å². The zero-order valence-corrected chi connectivity index (χ0v) is 13.5. The Morgan fingerprint density at radius 2 is 1.80 bits per heavy atom. The molecule has 0 saturated carbocycles. The molecule has 1 aromatic heterocycles. The van der Waals surface area contributed by atoms with Crippen LogP contribution in [0.25, 0.3) is 11.4 Å². The maximum Gasteiger partial charge on any atom is 0.230 e. The number of hydrogen-bond acceptors (Lipinski definition) is 5. The zero-order chi connectivity index (χ0) is 14.5. The van der Waals surface area contributed by atoms with E-state index < -0.39 is 0 Å². The molecule has 1 N–H and O–H groups in total. The average molecular weight is 336 g/mol. The third-order valence-corrected chi connectivity index (χ3v) is 3.19. The second kappa shape index (κ2) is 6.65. The molecule has 0 fully saturated rings. The lowest BCUT2D eigenvalue weighted by molar-refractivity contribution is 0.920. The van der Waals surface area contributed by atoms with Crippen molar-refractivity contribution in [3.63, 3.8) is 0 Å². The second-order valence-corrected chi connectivity index (χ2v) is 5.53. The van der Waals surface area contributed by atoms with Gasteiger partial charge in [-0.1, -0.05) is 35.0 Å². The highest BCUT2D eigenvalue weighted by Gasteiger charge is 2.09. The molecule has 1 aromatic carbocycles. The zero-order valence-electron chi connectivity index (χ0n) is 11.9. The van der Waals surface area contributed by atoms with Crippen LogP contribution in [0.15, 0.2) is 28.7 Å². The summed E-state index contributed by atoms with van der Waals surface area (Å²) < 4.78 is 1.03. The van der Waals surface area contributed by atoms with Crippen molar-refractivity contribution in [3.05, 3.63) is 28.7 Å². The van der Waals surface area contributed by atoms with Crippen LogP contribution in [0.2, 0.25) is 0 Å². The number of halogens is 1. The van der Waals surface area contributed by atoms with Crippen LogP contribution in [-0.4, -0.2) is 35.6 Å². The fourth-order valence-corrected chi connectivity index (χ4v) is 1.87. The van der Waals surface area contributed by atoms with E-state index in [-0.39, 0.29) is 0 Å². The van der Waals surface area contributed by atoms with Gasteiger partial charge in [-0.25, -0.2) is 0 Å². The van der Waals surface area contributed by atoms with E-state index in [4.69, 9.17) is 0 Å². The van der Waals surface area contributed by atoms with Gasteiger partial charge in [0.15, 0.2) is 5.82 Å². The molecule has 0 bridgehead atoms. The van der Waals surface area contributed by atoms with Crippen LogP contribution in [0.5, 0.6) is 0 Å². The van der Waals surface area contributed by atoms with E-state index in [1.54, 1.807) is 0 Å². The van der Waals surface area contributed by atoms with Crippen molar-refractivity contribution in [2.24, 2.45) is 0 Å². The van der Waals surface area contributed by atoms with Crippen molar-refractivity contribution >= 4 is 27.8 Å². The summed E-state index contributed by atoms with van der Waals surface area (Å²) in [6.45, 7) is 2.95. The third-order valence-electron chi connectivity index (χ3n) is 2.66. The summed E-state index contributed by atoms with van der Waals surface area (Å²) in [5, 5.41) is 3.21. The Morgan fingerprint density at radius 3 is 2.40 bits per heavy atom. The summed E-state index contributed by atoms with van der Waals surface area (Å²) in [7, 11) is 3.84. The van der Waals surface area contributed by atoms with E-state index in [9.17, 15) is 0 Å². The summed E-state index contributed by atoms with van der Waals surface area (Å²) in [4.78, 5) is 15.2. The molecule has 0 atom stereocenters. The first-order valence-electron chi connectivity index (χ1n) is 6.53. The van der Waals surface area contributed by atoms with Gasteiger partial charge >= 0.3 is 0 Å². The maximum absolute atomic E-state index is 4.49. The van der Waals surface area contributed by atoms with Gasteiger partial charge < -0.3 is 10.2 Å². The summed E-state index contributed by atoms with van der Waals surface area (Å²) in [5.74, 6) is 1.94. The average Bonchev–Trinajstić information content (AvgIpc) is 2.45. The molecule has 2 rings (SSSR count). The standard InChI is InChI=1S/C14H18BrN5/c1-4-9-16-13-17-12(18-14(19-13)20(2)3)10-5-7-11(15)8-6-10/h5-8H,4,9H2,1-3H3,(H,16,17,18,19). The Balaban J connectivity index is 2.40. The predicted molar refractivity (Wildman–Crippen MR) is 86.1 cm³/mol. The van der Waals surface area contributed by atoms with Crippen LogP contribution in [0.1, 0.15) is 13.3 Å². The van der Waals surface area contributed by atoms with Crippen molar-refractivity contribution in [2.75, 3.05) is 30.9 Å². The highest BCUT2D eigenvalue weighted by atomic mass is 79.9. The van der Waals surface area contributed by atoms with Gasteiger partial charge in [0, 0.05) is 30.7 Å². The monoisotopic (exact) mass is 335 g/mol. The Morgan fingerprint density at radius 1 is 1.10 bits per heavy atom. The van der Waals surface area contributed by atoms with E-state index in [1.165, 1.54) is 0 Å². The van der Waals surface area contributed by atoms with Gasteiger partial charge in [-0.15, -0.1) is 0 Å². The highest BCUT2D eigenvalue weighted by Crippen LogP contribution is 2.21. The molecule has 0 aliphatic heterocycles. The van der Waals surface area contributed by atoms with Crippen LogP contribution >= 0.6 is 15.9 Å². The molecule has 20 heavy (non-hydrogen) atoms. The van der Waals surface area contributed by atoms with E-state index in [2.05, 4.69) is 43.1 Å². The van der Waals surface area contributed by atoms with E-state index in [0.29, 0.717) is 17.7 Å². The molecule has 0 aliphatic rings. The first kappa shape index (κ1) is 14.7. The summed E-state index contributed by atoms with van der Waals surface area (Å²) in [6.07, 6.45) is 1.02. The van der Waals surface area contributed by atoms with Crippen molar-refractivity contribution in [1.82, 2.24) is 15.0 Å². The maximum atomic E-state index is 4.49. The molecular formula is C14H18BrN5. The Labute approximate surface area is 127 Å². The molecule has 0 spiro atoms. The van der Waals surface area contributed by atoms with Gasteiger partial charge in [0.25, 0.3) is 0 Å². The summed E-state index contributed by atoms with van der Waals surface area (Å²) in [5.41, 5.74) is 0.971. The van der Waals surface area contributed by atoms with Gasteiger partial charge in [0.05, 0.1) is 0 Å². The topological polar surface area (TPSA) is 53.9 Å². The number of rotatable bonds is 5. The SMILES string of the molecule is CCCNc1nc(-c2ccc(Br)cc2)nc(N(C)C)n1. The number of aromatic nitrogens is 3. The van der Waals surface area contributed by atoms with Crippen LogP contribution in [0.4, 0.5) is 11.9 Å². The van der Waals surface area contributed by atoms with Crippen LogP contribution in [0, 0.1) is 0 Å². The van der Waals surface area contributed by atoms with Crippen LogP contribution in [0.3, 0.4) is 0 Å². The number of anilines is 2. The first-order valence-corrected chi connectivity index (χ1v) is 7.32. The number of hydrogen-bond donors (Lipinski definition) is 1. The normalized spacial score (nSPS) is 10.4. The van der Waals surface area contributed by atoms with Gasteiger partial charge in [-0.05, 0) is 18.6 Å². The van der Waals surface area contributed by atoms with Crippen molar-refractivity contribution in [2.45, 2.75) is 13.3 Å². The molecule has 5 nitrogen and oxygen atoms in total. The fourth-order valence-electron chi connectivity index (χ4n) is 1.61. The Hall–Kier alpha value is -1.69. The third kappa shape index (κ3) is 3.66. The fraction of sp³-hybridized carbons (Fsp3) is 0.357. The largest absolute Gasteiger partial charge is 0.354 e. The van der Waals surface area contributed by atoms with Crippen LogP contribution < -0.4 is 10.2 Å². The molecule has 0 aliphatic carbocycles. The smallest absolute Gasteiger partial charge is 0.230 e. The lowest BCUT2D eigenvalue weighted by Gasteiger charge is -2.13. The summed E-state index contributed by atoms with van der Waals surface area (Å²) >= 11 is 3.43. The van der Waals surface area contributed by atoms with E-state index in [0.717, 1.165) is 23.0 Å². The molecule has 106 valence electrons. The van der Waals surface area contributed by atoms with Crippen molar-refractivity contribution < 1.29 is 0 Å². The molecule has 0 amide bonds. The van der Waals surface area contributed by atoms with Crippen molar-refractivity contribution in [1.29, 1.82) is 0 Å². The molecule has 6 heteroatoms. The van der Waals surface area contributed by atoms with Gasteiger partial charge in [0.2, 0.25) is 11.9 Å². The van der Waals surface area contributed by atoms with E-state index >= 15 is 0 Å². The van der Waals surface area contributed by atoms with Gasteiger partial charge in [0.1, 0.15) is 0 Å². The molecule has 0 radical (unpaired) electrons. The number of nitrogens with one attached hydrogen (secondary N) is 1. The molecule has 0 saturated heterocycles. The highest BCUT2D eigenvalue weighted by molar-refractivity contribution is 9.10. The first-order chi connectivity index (χ1) is 9.60. The molecule has 2 aromatic rings. The number of nitrogens with zero attached hydrogens (tertiary/aromatic N) is 4. The Kier molecular flexibility index (Phi) is 4.89. The minimum Gasteiger partial charge on any atom is -0.354 e. The molecule has 1 heterocycles. The molecule has 0 unspecified atom stereocenters.